The summed E-state index contributed by atoms with van der Waals surface area (Å²) < 4.78 is 33.9. The number of aryl methyl sites for hydroxylation is 1. The van der Waals surface area contributed by atoms with Gasteiger partial charge in [0.15, 0.2) is 0 Å². The normalized spacial score (nSPS) is 15.8. The van der Waals surface area contributed by atoms with Gasteiger partial charge in [0, 0.05) is 24.0 Å². The number of methoxy groups -OCH3 is 1. The van der Waals surface area contributed by atoms with E-state index in [4.69, 9.17) is 4.74 Å². The third kappa shape index (κ3) is 5.04. The minimum absolute atomic E-state index is 0.0351. The molecule has 0 spiro atoms. The Hall–Kier alpha value is -3.49. The van der Waals surface area contributed by atoms with Gasteiger partial charge in [-0.15, -0.1) is 0 Å². The van der Waals surface area contributed by atoms with Crippen LogP contribution in [0.15, 0.2) is 71.6 Å². The van der Waals surface area contributed by atoms with Crippen molar-refractivity contribution in [1.29, 1.82) is 0 Å². The van der Waals surface area contributed by atoms with Crippen LogP contribution in [0.1, 0.15) is 37.1 Å². The standard InChI is InChI=1S/C29H30N4O3S/c1-19-30-28-15-6-22(17-27(28)29(31-19)32-23-7-8-23)21-5-3-4-20(16-21)18-33(24-9-10-24)37(34,35)26-13-11-25(36-2)12-14-26/h3-6,11-17,23-24H,7-10,18H2,1-2H3,(H,30,31,32). The Labute approximate surface area is 217 Å². The minimum atomic E-state index is -3.63. The lowest BCUT2D eigenvalue weighted by atomic mass is 10.0. The molecule has 37 heavy (non-hydrogen) atoms. The van der Waals surface area contributed by atoms with E-state index in [0.717, 1.165) is 52.1 Å². The van der Waals surface area contributed by atoms with Gasteiger partial charge in [-0.2, -0.15) is 4.31 Å². The summed E-state index contributed by atoms with van der Waals surface area (Å²) in [5.74, 6) is 2.27. The lowest BCUT2D eigenvalue weighted by Crippen LogP contribution is -2.32. The van der Waals surface area contributed by atoms with Gasteiger partial charge >= 0.3 is 0 Å². The second-order valence-corrected chi connectivity index (χ2v) is 11.8. The smallest absolute Gasteiger partial charge is 0.243 e. The molecule has 0 bridgehead atoms. The largest absolute Gasteiger partial charge is 0.497 e. The summed E-state index contributed by atoms with van der Waals surface area (Å²) >= 11 is 0. The summed E-state index contributed by atoms with van der Waals surface area (Å²) in [6.07, 6.45) is 4.11. The van der Waals surface area contributed by atoms with Crippen LogP contribution >= 0.6 is 0 Å². The average molecular weight is 515 g/mol. The highest BCUT2D eigenvalue weighted by Gasteiger charge is 2.38. The van der Waals surface area contributed by atoms with Crippen LogP contribution < -0.4 is 10.1 Å². The van der Waals surface area contributed by atoms with Gasteiger partial charge in [-0.3, -0.25) is 0 Å². The topological polar surface area (TPSA) is 84.4 Å². The van der Waals surface area contributed by atoms with Crippen molar-refractivity contribution in [2.45, 2.75) is 56.1 Å². The summed E-state index contributed by atoms with van der Waals surface area (Å²) in [7, 11) is -2.06. The number of nitrogens with zero attached hydrogens (tertiary/aromatic N) is 3. The van der Waals surface area contributed by atoms with Gasteiger partial charge < -0.3 is 10.1 Å². The quantitative estimate of drug-likeness (QED) is 0.316. The molecular weight excluding hydrogens is 484 g/mol. The minimum Gasteiger partial charge on any atom is -0.497 e. The van der Waals surface area contributed by atoms with Gasteiger partial charge in [-0.05, 0) is 91.8 Å². The predicted molar refractivity (Wildman–Crippen MR) is 145 cm³/mol. The van der Waals surface area contributed by atoms with Gasteiger partial charge in [0.1, 0.15) is 17.4 Å². The maximum Gasteiger partial charge on any atom is 0.243 e. The van der Waals surface area contributed by atoms with Gasteiger partial charge in [-0.25, -0.2) is 18.4 Å². The number of fused-ring (bicyclic) bond motifs is 1. The van der Waals surface area contributed by atoms with Crippen molar-refractivity contribution in [2.75, 3.05) is 12.4 Å². The van der Waals surface area contributed by atoms with Gasteiger partial charge in [-0.1, -0.05) is 24.3 Å². The fourth-order valence-electron chi connectivity index (χ4n) is 4.64. The Morgan fingerprint density at radius 1 is 0.946 bits per heavy atom. The Morgan fingerprint density at radius 3 is 2.41 bits per heavy atom. The second kappa shape index (κ2) is 9.43. The molecule has 7 nitrogen and oxygen atoms in total. The molecule has 1 heterocycles. The molecular formula is C29H30N4O3S. The molecule has 2 saturated carbocycles. The van der Waals surface area contributed by atoms with Gasteiger partial charge in [0.2, 0.25) is 10.0 Å². The molecule has 0 saturated heterocycles. The zero-order valence-corrected chi connectivity index (χ0v) is 21.8. The van der Waals surface area contributed by atoms with Crippen molar-refractivity contribution in [1.82, 2.24) is 14.3 Å². The number of hydrogen-bond donors (Lipinski definition) is 1. The molecule has 6 rings (SSSR count). The van der Waals surface area contributed by atoms with E-state index in [1.165, 1.54) is 12.8 Å². The third-order valence-corrected chi connectivity index (χ3v) is 8.86. The van der Waals surface area contributed by atoms with E-state index in [0.29, 0.717) is 18.3 Å². The first-order valence-corrected chi connectivity index (χ1v) is 14.1. The monoisotopic (exact) mass is 514 g/mol. The SMILES string of the molecule is COc1ccc(S(=O)(=O)N(Cc2cccc(-c3ccc4nc(C)nc(NC5CC5)c4c3)c2)C2CC2)cc1. The van der Waals surface area contributed by atoms with Crippen molar-refractivity contribution in [3.05, 3.63) is 78.1 Å². The molecule has 2 aliphatic rings. The maximum atomic E-state index is 13.5. The second-order valence-electron chi connectivity index (χ2n) is 9.93. The van der Waals surface area contributed by atoms with Gasteiger partial charge in [0.25, 0.3) is 0 Å². The molecule has 0 radical (unpaired) electrons. The summed E-state index contributed by atoms with van der Waals surface area (Å²) in [6, 6.07) is 21.5. The fraction of sp³-hybridized carbons (Fsp3) is 0.310. The molecule has 0 atom stereocenters. The highest BCUT2D eigenvalue weighted by molar-refractivity contribution is 7.89. The number of anilines is 1. The molecule has 1 aromatic heterocycles. The Bertz CT molecular complexity index is 1560. The van der Waals surface area contributed by atoms with Gasteiger partial charge in [0.05, 0.1) is 17.5 Å². The molecule has 8 heteroatoms. The highest BCUT2D eigenvalue weighted by Crippen LogP contribution is 2.35. The van der Waals surface area contributed by atoms with Crippen molar-refractivity contribution in [3.63, 3.8) is 0 Å². The van der Waals surface area contributed by atoms with Crippen LogP contribution in [0, 0.1) is 6.92 Å². The number of benzene rings is 3. The van der Waals surface area contributed by atoms with E-state index >= 15 is 0 Å². The molecule has 0 aliphatic heterocycles. The van der Waals surface area contributed by atoms with E-state index in [9.17, 15) is 8.42 Å². The zero-order valence-electron chi connectivity index (χ0n) is 21.0. The number of nitrogens with one attached hydrogen (secondary N) is 1. The Morgan fingerprint density at radius 2 is 1.70 bits per heavy atom. The van der Waals surface area contributed by atoms with Crippen LogP contribution in [0.2, 0.25) is 0 Å². The van der Waals surface area contributed by atoms with Crippen molar-refractivity contribution in [2.24, 2.45) is 0 Å². The van der Waals surface area contributed by atoms with Crippen molar-refractivity contribution < 1.29 is 13.2 Å². The third-order valence-electron chi connectivity index (χ3n) is 6.94. The first-order chi connectivity index (χ1) is 17.9. The van der Waals surface area contributed by atoms with Crippen LogP contribution in [-0.2, 0) is 16.6 Å². The van der Waals surface area contributed by atoms with E-state index in [-0.39, 0.29) is 10.9 Å². The molecule has 4 aromatic rings. The molecule has 1 N–H and O–H groups in total. The number of hydrogen-bond acceptors (Lipinski definition) is 6. The van der Waals surface area contributed by atoms with Crippen molar-refractivity contribution in [3.8, 4) is 16.9 Å². The maximum absolute atomic E-state index is 13.5. The lowest BCUT2D eigenvalue weighted by molar-refractivity contribution is 0.398. The van der Waals surface area contributed by atoms with Crippen LogP contribution in [0.3, 0.4) is 0 Å². The molecule has 2 aliphatic carbocycles. The molecule has 0 unspecified atom stereocenters. The first kappa shape index (κ1) is 23.9. The Kier molecular flexibility index (Phi) is 6.09. The number of ether oxygens (including phenoxy) is 1. The molecule has 0 amide bonds. The average Bonchev–Trinajstić information content (AvgIpc) is 3.83. The van der Waals surface area contributed by atoms with E-state index in [1.54, 1.807) is 35.7 Å². The molecule has 3 aromatic carbocycles. The van der Waals surface area contributed by atoms with Crippen LogP contribution in [0.4, 0.5) is 5.82 Å². The van der Waals surface area contributed by atoms with Crippen LogP contribution in [-0.4, -0.2) is 41.9 Å². The molecule has 190 valence electrons. The highest BCUT2D eigenvalue weighted by atomic mass is 32.2. The molecule has 2 fully saturated rings. The Balaban J connectivity index is 1.31. The van der Waals surface area contributed by atoms with E-state index in [2.05, 4.69) is 39.6 Å². The number of rotatable bonds is 9. The summed E-state index contributed by atoms with van der Waals surface area (Å²) in [5.41, 5.74) is 3.96. The van der Waals surface area contributed by atoms with E-state index < -0.39 is 10.0 Å². The summed E-state index contributed by atoms with van der Waals surface area (Å²) in [5, 5.41) is 4.54. The van der Waals surface area contributed by atoms with Crippen LogP contribution in [0.25, 0.3) is 22.0 Å². The van der Waals surface area contributed by atoms with Crippen molar-refractivity contribution >= 4 is 26.7 Å². The number of aromatic nitrogens is 2. The fourth-order valence-corrected chi connectivity index (χ4v) is 6.31. The predicted octanol–water partition coefficient (Wildman–Crippen LogP) is 5.54. The van der Waals surface area contributed by atoms with Crippen LogP contribution in [0.5, 0.6) is 5.75 Å². The summed E-state index contributed by atoms with van der Waals surface area (Å²) in [6.45, 7) is 2.25. The van der Waals surface area contributed by atoms with E-state index in [1.807, 2.05) is 25.1 Å². The lowest BCUT2D eigenvalue weighted by Gasteiger charge is -2.22. The first-order valence-electron chi connectivity index (χ1n) is 12.7. The zero-order chi connectivity index (χ0) is 25.6. The number of sulfonamides is 1. The summed E-state index contributed by atoms with van der Waals surface area (Å²) in [4.78, 5) is 9.57.